The van der Waals surface area contributed by atoms with Gasteiger partial charge in [0.25, 0.3) is 0 Å². The zero-order valence-corrected chi connectivity index (χ0v) is 11.3. The second-order valence-electron chi connectivity index (χ2n) is 4.41. The summed E-state index contributed by atoms with van der Waals surface area (Å²) < 4.78 is 2.05. The molecule has 1 N–H and O–H groups in total. The van der Waals surface area contributed by atoms with Crippen molar-refractivity contribution in [2.75, 3.05) is 6.54 Å². The van der Waals surface area contributed by atoms with Crippen LogP contribution in [0.2, 0.25) is 0 Å². The van der Waals surface area contributed by atoms with Crippen molar-refractivity contribution in [3.63, 3.8) is 0 Å². The van der Waals surface area contributed by atoms with Gasteiger partial charge in [-0.15, -0.1) is 6.42 Å². The predicted octanol–water partition coefficient (Wildman–Crippen LogP) is 1.90. The number of terminal acetylenes is 1. The van der Waals surface area contributed by atoms with Crippen molar-refractivity contribution in [1.29, 1.82) is 0 Å². The molecule has 2 aromatic rings. The lowest BCUT2D eigenvalue weighted by Gasteiger charge is -2.05. The van der Waals surface area contributed by atoms with Crippen molar-refractivity contribution in [3.8, 4) is 12.3 Å². The van der Waals surface area contributed by atoms with E-state index in [9.17, 15) is 4.79 Å². The molecule has 0 aliphatic carbocycles. The molecule has 0 saturated heterocycles. The summed E-state index contributed by atoms with van der Waals surface area (Å²) in [6, 6.07) is 7.93. The lowest BCUT2D eigenvalue weighted by atomic mass is 10.3. The summed E-state index contributed by atoms with van der Waals surface area (Å²) in [4.78, 5) is 15.7. The van der Waals surface area contributed by atoms with Crippen molar-refractivity contribution in [1.82, 2.24) is 14.9 Å². The third kappa shape index (κ3) is 3.07. The van der Waals surface area contributed by atoms with E-state index in [4.69, 9.17) is 6.42 Å². The molecule has 1 heterocycles. The minimum absolute atomic E-state index is 0.151. The molecular weight excluding hydrogens is 250 g/mol. The van der Waals surface area contributed by atoms with Crippen molar-refractivity contribution in [3.05, 3.63) is 42.7 Å². The Kier molecular flexibility index (Phi) is 4.56. The van der Waals surface area contributed by atoms with Gasteiger partial charge < -0.3 is 9.88 Å². The molecule has 0 aliphatic heterocycles. The summed E-state index contributed by atoms with van der Waals surface area (Å²) in [6.07, 6.45) is 8.28. The summed E-state index contributed by atoms with van der Waals surface area (Å²) in [5.41, 5.74) is 2.00. The molecule has 0 saturated carbocycles. The molecule has 102 valence electrons. The van der Waals surface area contributed by atoms with Crippen LogP contribution in [0.3, 0.4) is 0 Å². The number of rotatable bonds is 6. The monoisotopic (exact) mass is 267 g/mol. The Hall–Kier alpha value is -2.54. The van der Waals surface area contributed by atoms with E-state index in [1.54, 1.807) is 0 Å². The number of fused-ring (bicyclic) bond motifs is 1. The molecule has 1 aromatic heterocycles. The molecule has 0 atom stereocenters. The first-order valence-electron chi connectivity index (χ1n) is 6.54. The van der Waals surface area contributed by atoms with Crippen LogP contribution >= 0.6 is 0 Å². The maximum absolute atomic E-state index is 11.1. The number of hydrogen-bond donors (Lipinski definition) is 1. The third-order valence-corrected chi connectivity index (χ3v) is 3.04. The topological polar surface area (TPSA) is 46.9 Å². The number of aromatic nitrogens is 2. The summed E-state index contributed by atoms with van der Waals surface area (Å²) in [5.74, 6) is 3.47. The van der Waals surface area contributed by atoms with E-state index in [0.29, 0.717) is 13.1 Å². The van der Waals surface area contributed by atoms with Crippen molar-refractivity contribution in [2.24, 2.45) is 0 Å². The second kappa shape index (κ2) is 6.58. The highest BCUT2D eigenvalue weighted by atomic mass is 16.1. The van der Waals surface area contributed by atoms with Gasteiger partial charge in [-0.2, -0.15) is 0 Å². The van der Waals surface area contributed by atoms with E-state index in [-0.39, 0.29) is 5.91 Å². The van der Waals surface area contributed by atoms with Gasteiger partial charge >= 0.3 is 0 Å². The molecule has 0 bridgehead atoms. The van der Waals surface area contributed by atoms with Crippen LogP contribution in [0.15, 0.2) is 36.9 Å². The number of hydrogen-bond acceptors (Lipinski definition) is 2. The quantitative estimate of drug-likeness (QED) is 0.493. The first-order valence-corrected chi connectivity index (χ1v) is 6.54. The van der Waals surface area contributed by atoms with Gasteiger partial charge in [-0.1, -0.05) is 24.6 Å². The normalized spacial score (nSPS) is 10.2. The first-order chi connectivity index (χ1) is 9.76. The number of carbonyl (C=O) groups excluding carboxylic acids is 1. The van der Waals surface area contributed by atoms with Crippen molar-refractivity contribution < 1.29 is 4.79 Å². The fraction of sp³-hybridized carbons (Fsp3) is 0.250. The Labute approximate surface area is 118 Å². The summed E-state index contributed by atoms with van der Waals surface area (Å²) >= 11 is 0. The van der Waals surface area contributed by atoms with Gasteiger partial charge in [0.1, 0.15) is 5.82 Å². The van der Waals surface area contributed by atoms with E-state index < -0.39 is 0 Å². The number of benzene rings is 1. The minimum Gasteiger partial charge on any atom is -0.353 e. The SMILES string of the molecule is C#CCn1c(CCCNC(=O)C=C)nc2ccccc21. The number of amides is 1. The number of carbonyl (C=O) groups is 1. The lowest BCUT2D eigenvalue weighted by molar-refractivity contribution is -0.116. The van der Waals surface area contributed by atoms with Crippen LogP contribution in [0, 0.1) is 12.3 Å². The summed E-state index contributed by atoms with van der Waals surface area (Å²) in [5, 5.41) is 2.75. The molecule has 1 aromatic carbocycles. The molecule has 0 aliphatic rings. The maximum Gasteiger partial charge on any atom is 0.243 e. The van der Waals surface area contributed by atoms with Gasteiger partial charge in [0.2, 0.25) is 5.91 Å². The molecule has 20 heavy (non-hydrogen) atoms. The minimum atomic E-state index is -0.151. The summed E-state index contributed by atoms with van der Waals surface area (Å²) in [6.45, 7) is 4.52. The van der Waals surface area contributed by atoms with Crippen LogP contribution in [-0.4, -0.2) is 22.0 Å². The van der Waals surface area contributed by atoms with Gasteiger partial charge in [-0.3, -0.25) is 4.79 Å². The third-order valence-electron chi connectivity index (χ3n) is 3.04. The van der Waals surface area contributed by atoms with Crippen LogP contribution < -0.4 is 5.32 Å². The van der Waals surface area contributed by atoms with E-state index in [2.05, 4.69) is 22.8 Å². The molecule has 0 radical (unpaired) electrons. The number of aryl methyl sites for hydroxylation is 1. The fourth-order valence-electron chi connectivity index (χ4n) is 2.11. The fourth-order valence-corrected chi connectivity index (χ4v) is 2.11. The van der Waals surface area contributed by atoms with E-state index >= 15 is 0 Å². The highest BCUT2D eigenvalue weighted by Gasteiger charge is 2.09. The number of nitrogens with zero attached hydrogens (tertiary/aromatic N) is 2. The molecule has 4 heteroatoms. The summed E-state index contributed by atoms with van der Waals surface area (Å²) in [7, 11) is 0. The Morgan fingerprint density at radius 3 is 3.05 bits per heavy atom. The second-order valence-corrected chi connectivity index (χ2v) is 4.41. The van der Waals surface area contributed by atoms with E-state index in [0.717, 1.165) is 29.7 Å². The molecule has 0 fully saturated rings. The smallest absolute Gasteiger partial charge is 0.243 e. The molecule has 4 nitrogen and oxygen atoms in total. The first kappa shape index (κ1) is 13.9. The van der Waals surface area contributed by atoms with Gasteiger partial charge in [-0.25, -0.2) is 4.98 Å². The lowest BCUT2D eigenvalue weighted by Crippen LogP contribution is -2.22. The van der Waals surface area contributed by atoms with Crippen LogP contribution in [0.4, 0.5) is 0 Å². The Bertz CT molecular complexity index is 664. The maximum atomic E-state index is 11.1. The van der Waals surface area contributed by atoms with Gasteiger partial charge in [0, 0.05) is 13.0 Å². The molecule has 0 spiro atoms. The average molecular weight is 267 g/mol. The van der Waals surface area contributed by atoms with Crippen LogP contribution in [-0.2, 0) is 17.8 Å². The number of para-hydroxylation sites is 2. The Balaban J connectivity index is 2.09. The zero-order valence-electron chi connectivity index (χ0n) is 11.3. The largest absolute Gasteiger partial charge is 0.353 e. The zero-order chi connectivity index (χ0) is 14.4. The van der Waals surface area contributed by atoms with Crippen molar-refractivity contribution >= 4 is 16.9 Å². The van der Waals surface area contributed by atoms with E-state index in [1.165, 1.54) is 6.08 Å². The molecule has 0 unspecified atom stereocenters. The van der Waals surface area contributed by atoms with Crippen LogP contribution in [0.25, 0.3) is 11.0 Å². The van der Waals surface area contributed by atoms with E-state index in [1.807, 2.05) is 28.8 Å². The van der Waals surface area contributed by atoms with Gasteiger partial charge in [-0.05, 0) is 24.6 Å². The standard InChI is InChI=1S/C16H17N3O/c1-3-12-19-14-9-6-5-8-13(14)18-15(19)10-7-11-17-16(20)4-2/h1,4-6,8-9H,2,7,10-12H2,(H,17,20). The number of nitrogens with one attached hydrogen (secondary N) is 1. The highest BCUT2D eigenvalue weighted by Crippen LogP contribution is 2.16. The molecule has 1 amide bonds. The average Bonchev–Trinajstić information content (AvgIpc) is 2.82. The van der Waals surface area contributed by atoms with Gasteiger partial charge in [0.05, 0.1) is 17.6 Å². The Morgan fingerprint density at radius 1 is 1.50 bits per heavy atom. The predicted molar refractivity (Wildman–Crippen MR) is 80.1 cm³/mol. The van der Waals surface area contributed by atoms with Crippen molar-refractivity contribution in [2.45, 2.75) is 19.4 Å². The highest BCUT2D eigenvalue weighted by molar-refractivity contribution is 5.86. The Morgan fingerprint density at radius 2 is 2.30 bits per heavy atom. The van der Waals surface area contributed by atoms with Gasteiger partial charge in [0.15, 0.2) is 0 Å². The molecule has 2 rings (SSSR count). The number of imidazole rings is 1. The molecular formula is C16H17N3O. The van der Waals surface area contributed by atoms with Crippen LogP contribution in [0.1, 0.15) is 12.2 Å². The van der Waals surface area contributed by atoms with Crippen LogP contribution in [0.5, 0.6) is 0 Å².